The van der Waals surface area contributed by atoms with Gasteiger partial charge in [0.05, 0.1) is 4.47 Å². The van der Waals surface area contributed by atoms with E-state index in [9.17, 15) is 5.11 Å². The minimum atomic E-state index is 0.319. The van der Waals surface area contributed by atoms with Crippen LogP contribution in [0.2, 0.25) is 0 Å². The molecule has 0 amide bonds. The number of phenolic OH excluding ortho intramolecular Hbond substituents is 1. The van der Waals surface area contributed by atoms with Crippen LogP contribution in [0.15, 0.2) is 46.9 Å². The molecule has 1 N–H and O–H groups in total. The molecule has 0 spiro atoms. The highest BCUT2D eigenvalue weighted by molar-refractivity contribution is 9.10. The molecular weight excluding hydrogens is 302 g/mol. The molecule has 2 aromatic rings. The summed E-state index contributed by atoms with van der Waals surface area (Å²) in [4.78, 5) is 2.13. The summed E-state index contributed by atoms with van der Waals surface area (Å²) in [6.07, 6.45) is 1.05. The third-order valence-corrected chi connectivity index (χ3v) is 3.90. The maximum atomic E-state index is 10.0. The molecule has 0 bridgehead atoms. The normalized spacial score (nSPS) is 10.5. The second kappa shape index (κ2) is 6.11. The van der Waals surface area contributed by atoms with Gasteiger partial charge in [-0.1, -0.05) is 31.2 Å². The Balaban J connectivity index is 2.15. The first-order valence-electron chi connectivity index (χ1n) is 6.38. The Morgan fingerprint density at radius 3 is 2.42 bits per heavy atom. The van der Waals surface area contributed by atoms with Gasteiger partial charge in [0.15, 0.2) is 0 Å². The number of benzene rings is 2. The van der Waals surface area contributed by atoms with Crippen LogP contribution in [0.4, 0.5) is 5.69 Å². The molecule has 2 rings (SSSR count). The van der Waals surface area contributed by atoms with Crippen molar-refractivity contribution in [2.24, 2.45) is 0 Å². The van der Waals surface area contributed by atoms with Gasteiger partial charge in [0.1, 0.15) is 5.75 Å². The predicted octanol–water partition coefficient (Wildman–Crippen LogP) is 4.35. The van der Waals surface area contributed by atoms with E-state index in [0.29, 0.717) is 12.3 Å². The number of rotatable bonds is 4. The fourth-order valence-corrected chi connectivity index (χ4v) is 2.43. The highest BCUT2D eigenvalue weighted by Crippen LogP contribution is 2.29. The SMILES string of the molecule is CCc1ccc(N(C)Cc2cccc(Br)c2O)cc1. The van der Waals surface area contributed by atoms with E-state index in [2.05, 4.69) is 52.0 Å². The van der Waals surface area contributed by atoms with Crippen LogP contribution in [0.25, 0.3) is 0 Å². The number of phenols is 1. The van der Waals surface area contributed by atoms with Crippen LogP contribution < -0.4 is 4.90 Å². The standard InChI is InChI=1S/C16H18BrNO/c1-3-12-7-9-14(10-8-12)18(2)11-13-5-4-6-15(17)16(13)19/h4-10,19H,3,11H2,1-2H3. The number of aromatic hydroxyl groups is 1. The van der Waals surface area contributed by atoms with E-state index < -0.39 is 0 Å². The molecule has 100 valence electrons. The largest absolute Gasteiger partial charge is 0.506 e. The van der Waals surface area contributed by atoms with Gasteiger partial charge in [0, 0.05) is 24.8 Å². The highest BCUT2D eigenvalue weighted by atomic mass is 79.9. The Morgan fingerprint density at radius 1 is 1.11 bits per heavy atom. The fourth-order valence-electron chi connectivity index (χ4n) is 2.02. The number of hydrogen-bond acceptors (Lipinski definition) is 2. The van der Waals surface area contributed by atoms with Crippen molar-refractivity contribution in [2.75, 3.05) is 11.9 Å². The Bertz CT molecular complexity index is 551. The Labute approximate surface area is 122 Å². The lowest BCUT2D eigenvalue weighted by Gasteiger charge is -2.20. The molecule has 2 aromatic carbocycles. The van der Waals surface area contributed by atoms with Crippen LogP contribution in [0.3, 0.4) is 0 Å². The Morgan fingerprint density at radius 2 is 1.79 bits per heavy atom. The second-order valence-corrected chi connectivity index (χ2v) is 5.48. The molecule has 0 aromatic heterocycles. The van der Waals surface area contributed by atoms with E-state index in [1.807, 2.05) is 25.2 Å². The van der Waals surface area contributed by atoms with Gasteiger partial charge >= 0.3 is 0 Å². The van der Waals surface area contributed by atoms with Crippen molar-refractivity contribution >= 4 is 21.6 Å². The van der Waals surface area contributed by atoms with E-state index in [0.717, 1.165) is 22.1 Å². The molecule has 0 atom stereocenters. The van der Waals surface area contributed by atoms with E-state index in [-0.39, 0.29) is 0 Å². The molecule has 0 saturated heterocycles. The van der Waals surface area contributed by atoms with E-state index in [1.54, 1.807) is 0 Å². The van der Waals surface area contributed by atoms with Gasteiger partial charge in [-0.2, -0.15) is 0 Å². The van der Waals surface area contributed by atoms with Crippen LogP contribution in [0.1, 0.15) is 18.1 Å². The van der Waals surface area contributed by atoms with Crippen molar-refractivity contribution in [3.05, 3.63) is 58.1 Å². The lowest BCUT2D eigenvalue weighted by molar-refractivity contribution is 0.464. The zero-order valence-corrected chi connectivity index (χ0v) is 12.8. The molecule has 0 aliphatic heterocycles. The second-order valence-electron chi connectivity index (χ2n) is 4.62. The summed E-state index contributed by atoms with van der Waals surface area (Å²) in [5, 5.41) is 10.0. The van der Waals surface area contributed by atoms with Gasteiger partial charge < -0.3 is 10.0 Å². The first kappa shape index (κ1) is 13.9. The van der Waals surface area contributed by atoms with Crippen LogP contribution in [0.5, 0.6) is 5.75 Å². The minimum absolute atomic E-state index is 0.319. The average Bonchev–Trinajstić information content (AvgIpc) is 2.44. The highest BCUT2D eigenvalue weighted by Gasteiger charge is 2.08. The van der Waals surface area contributed by atoms with Crippen LogP contribution in [0, 0.1) is 0 Å². The van der Waals surface area contributed by atoms with Crippen LogP contribution >= 0.6 is 15.9 Å². The lowest BCUT2D eigenvalue weighted by Crippen LogP contribution is -2.16. The van der Waals surface area contributed by atoms with Crippen molar-refractivity contribution in [3.8, 4) is 5.75 Å². The van der Waals surface area contributed by atoms with Gasteiger partial charge in [-0.3, -0.25) is 0 Å². The summed E-state index contributed by atoms with van der Waals surface area (Å²) in [6.45, 7) is 2.83. The van der Waals surface area contributed by atoms with E-state index in [1.165, 1.54) is 5.56 Å². The van der Waals surface area contributed by atoms with Crippen LogP contribution in [-0.2, 0) is 13.0 Å². The van der Waals surface area contributed by atoms with Gasteiger partial charge in [0.25, 0.3) is 0 Å². The first-order chi connectivity index (χ1) is 9.11. The average molecular weight is 320 g/mol. The molecule has 0 radical (unpaired) electrons. The molecule has 0 unspecified atom stereocenters. The smallest absolute Gasteiger partial charge is 0.134 e. The van der Waals surface area contributed by atoms with Gasteiger partial charge in [-0.05, 0) is 46.1 Å². The summed E-state index contributed by atoms with van der Waals surface area (Å²) in [5.41, 5.74) is 3.40. The third-order valence-electron chi connectivity index (χ3n) is 3.26. The monoisotopic (exact) mass is 319 g/mol. The molecule has 0 saturated carbocycles. The van der Waals surface area contributed by atoms with Crippen molar-refractivity contribution < 1.29 is 5.11 Å². The minimum Gasteiger partial charge on any atom is -0.506 e. The molecule has 3 heteroatoms. The first-order valence-corrected chi connectivity index (χ1v) is 7.17. The molecule has 19 heavy (non-hydrogen) atoms. The fraction of sp³-hybridized carbons (Fsp3) is 0.250. The number of nitrogens with zero attached hydrogens (tertiary/aromatic N) is 1. The number of aryl methyl sites for hydroxylation is 1. The summed E-state index contributed by atoms with van der Waals surface area (Å²) < 4.78 is 0.736. The van der Waals surface area contributed by atoms with Crippen molar-refractivity contribution in [1.29, 1.82) is 0 Å². The summed E-state index contributed by atoms with van der Waals surface area (Å²) in [6, 6.07) is 14.2. The molecule has 0 aliphatic carbocycles. The third kappa shape index (κ3) is 3.29. The zero-order chi connectivity index (χ0) is 13.8. The Kier molecular flexibility index (Phi) is 4.48. The maximum Gasteiger partial charge on any atom is 0.134 e. The Hall–Kier alpha value is -1.48. The van der Waals surface area contributed by atoms with Crippen molar-refractivity contribution in [2.45, 2.75) is 19.9 Å². The quantitative estimate of drug-likeness (QED) is 0.905. The van der Waals surface area contributed by atoms with Gasteiger partial charge in [-0.25, -0.2) is 0 Å². The number of halogens is 1. The van der Waals surface area contributed by atoms with Gasteiger partial charge in [0.2, 0.25) is 0 Å². The molecular formula is C16H18BrNO. The lowest BCUT2D eigenvalue weighted by atomic mass is 10.1. The zero-order valence-electron chi connectivity index (χ0n) is 11.2. The summed E-state index contributed by atoms with van der Waals surface area (Å²) >= 11 is 3.34. The summed E-state index contributed by atoms with van der Waals surface area (Å²) in [7, 11) is 2.03. The number of anilines is 1. The molecule has 0 fully saturated rings. The topological polar surface area (TPSA) is 23.5 Å². The van der Waals surface area contributed by atoms with Crippen molar-refractivity contribution in [1.82, 2.24) is 0 Å². The number of hydrogen-bond donors (Lipinski definition) is 1. The van der Waals surface area contributed by atoms with E-state index in [4.69, 9.17) is 0 Å². The predicted molar refractivity (Wildman–Crippen MR) is 83.7 cm³/mol. The van der Waals surface area contributed by atoms with Crippen LogP contribution in [-0.4, -0.2) is 12.2 Å². The summed E-state index contributed by atoms with van der Waals surface area (Å²) in [5.74, 6) is 0.319. The van der Waals surface area contributed by atoms with Crippen molar-refractivity contribution in [3.63, 3.8) is 0 Å². The maximum absolute atomic E-state index is 10.0. The molecule has 2 nitrogen and oxygen atoms in total. The van der Waals surface area contributed by atoms with Gasteiger partial charge in [-0.15, -0.1) is 0 Å². The molecule has 0 aliphatic rings. The number of para-hydroxylation sites is 1. The molecule has 0 heterocycles. The van der Waals surface area contributed by atoms with E-state index >= 15 is 0 Å².